The molecule has 17 aromatic carbocycles. The molecule has 14 nitrogen and oxygen atoms in total. The lowest BCUT2D eigenvalue weighted by molar-refractivity contribution is 0.671. The normalized spacial score (nSPS) is 11.5. The van der Waals surface area contributed by atoms with Gasteiger partial charge in [-0.25, -0.2) is 49.8 Å². The summed E-state index contributed by atoms with van der Waals surface area (Å²) >= 11 is 3.64. The molecule has 10 aromatic heterocycles. The van der Waals surface area contributed by atoms with Crippen LogP contribution in [0.15, 0.2) is 435 Å². The summed E-state index contributed by atoms with van der Waals surface area (Å²) < 4.78 is 18.5. The Balaban J connectivity index is 0.000000109. The van der Waals surface area contributed by atoms with Gasteiger partial charge in [0.05, 0.1) is 37.8 Å². The van der Waals surface area contributed by atoms with Crippen molar-refractivity contribution in [3.63, 3.8) is 0 Å². The molecule has 0 spiro atoms. The van der Waals surface area contributed by atoms with Gasteiger partial charge in [-0.05, 0) is 103 Å². The Bertz CT molecular complexity index is 8600. The first kappa shape index (κ1) is 79.0. The van der Waals surface area contributed by atoms with Gasteiger partial charge >= 0.3 is 0 Å². The SMILES string of the molecule is C.c1ccc(-c2nc(-c3ccccc3)nc(-c3ccc(-n4c5ccccc5c5ccc6c7ccccc7oc6c54)cc3)n2)cc1.c1ccc(-c2nc(-c3ccccc3)nc(-c3ccc(-n4c5ccccc5c5ccc6c7ccccc7sc6c54)nc3)n2)cc1.c1ccc(-c2nc(-c3ccccc3)nc(-c3cccc4c3sc3cc5c(cc34)c3ccccc3n5-c3ccccc3)n2)cc1. The smallest absolute Gasteiger partial charge is 0.165 e. The van der Waals surface area contributed by atoms with Gasteiger partial charge in [0.15, 0.2) is 58.0 Å². The van der Waals surface area contributed by atoms with Crippen molar-refractivity contribution in [2.45, 2.75) is 7.43 Å². The minimum atomic E-state index is 0. The van der Waals surface area contributed by atoms with Crippen LogP contribution in [-0.2, 0) is 0 Å². The number of rotatable bonds is 12. The van der Waals surface area contributed by atoms with E-state index in [2.05, 4.69) is 244 Å². The minimum absolute atomic E-state index is 0. The molecular weight excluding hydrogens is 1670 g/mol. The van der Waals surface area contributed by atoms with Crippen molar-refractivity contribution in [3.8, 4) is 120 Å². The van der Waals surface area contributed by atoms with E-state index in [1.165, 1.54) is 83.8 Å². The molecule has 0 amide bonds. The third-order valence-corrected chi connectivity index (χ3v) is 27.0. The lowest BCUT2D eigenvalue weighted by Gasteiger charge is -2.11. The Labute approximate surface area is 770 Å². The molecule has 0 atom stereocenters. The highest BCUT2D eigenvalue weighted by Crippen LogP contribution is 2.48. The second-order valence-electron chi connectivity index (χ2n) is 32.5. The van der Waals surface area contributed by atoms with E-state index in [9.17, 15) is 0 Å². The molecule has 0 N–H and O–H groups in total. The van der Waals surface area contributed by atoms with Crippen LogP contribution in [0, 0.1) is 0 Å². The average Bonchev–Trinajstić information content (AvgIpc) is 1.57. The summed E-state index contributed by atoms with van der Waals surface area (Å²) in [6, 6.07) is 146. The number of hydrogen-bond acceptors (Lipinski definition) is 13. The predicted octanol–water partition coefficient (Wildman–Crippen LogP) is 30.6. The summed E-state index contributed by atoms with van der Waals surface area (Å²) in [5.74, 6) is 6.65. The minimum Gasteiger partial charge on any atom is -0.454 e. The molecule has 0 aliphatic carbocycles. The fourth-order valence-corrected chi connectivity index (χ4v) is 20.9. The first-order valence-corrected chi connectivity index (χ1v) is 45.4. The zero-order valence-electron chi connectivity index (χ0n) is 70.5. The molecule has 16 heteroatoms. The largest absolute Gasteiger partial charge is 0.454 e. The topological polar surface area (TPSA) is 157 Å². The van der Waals surface area contributed by atoms with E-state index in [0.717, 1.165) is 111 Å². The number of furan rings is 1. The zero-order chi connectivity index (χ0) is 87.1. The summed E-state index contributed by atoms with van der Waals surface area (Å²) in [6.45, 7) is 0. The molecule has 0 aliphatic rings. The van der Waals surface area contributed by atoms with Gasteiger partial charge in [-0.2, -0.15) is 0 Å². The van der Waals surface area contributed by atoms with Gasteiger partial charge in [0.25, 0.3) is 0 Å². The monoisotopic (exact) mass is 1740 g/mol. The molecule has 0 aliphatic heterocycles. The van der Waals surface area contributed by atoms with Gasteiger partial charge in [0.1, 0.15) is 11.4 Å². The van der Waals surface area contributed by atoms with Crippen LogP contribution in [0.2, 0.25) is 0 Å². The van der Waals surface area contributed by atoms with Crippen molar-refractivity contribution in [2.24, 2.45) is 0 Å². The van der Waals surface area contributed by atoms with Crippen LogP contribution in [0.25, 0.3) is 247 Å². The van der Waals surface area contributed by atoms with Crippen LogP contribution in [0.3, 0.4) is 0 Å². The highest BCUT2D eigenvalue weighted by atomic mass is 32.1. The molecule has 133 heavy (non-hydrogen) atoms. The van der Waals surface area contributed by atoms with Crippen molar-refractivity contribution in [1.82, 2.24) is 63.5 Å². The molecule has 27 aromatic rings. The van der Waals surface area contributed by atoms with Crippen LogP contribution >= 0.6 is 22.7 Å². The predicted molar refractivity (Wildman–Crippen MR) is 549 cm³/mol. The number of thiophene rings is 2. The molecule has 27 rings (SSSR count). The van der Waals surface area contributed by atoms with Crippen LogP contribution in [0.1, 0.15) is 7.43 Å². The molecule has 0 bridgehead atoms. The van der Waals surface area contributed by atoms with Crippen LogP contribution in [0.4, 0.5) is 0 Å². The number of nitrogens with zero attached hydrogens (tertiary/aromatic N) is 13. The molecule has 0 radical (unpaired) electrons. The summed E-state index contributed by atoms with van der Waals surface area (Å²) in [7, 11) is 0. The Kier molecular flexibility index (Phi) is 19.8. The summed E-state index contributed by atoms with van der Waals surface area (Å²) in [5.41, 5.74) is 19.4. The van der Waals surface area contributed by atoms with Crippen molar-refractivity contribution >= 4 is 150 Å². The highest BCUT2D eigenvalue weighted by Gasteiger charge is 2.25. The first-order chi connectivity index (χ1) is 65.4. The van der Waals surface area contributed by atoms with E-state index >= 15 is 0 Å². The third kappa shape index (κ3) is 14.0. The molecule has 10 heterocycles. The number of hydrogen-bond donors (Lipinski definition) is 0. The molecule has 626 valence electrons. The fourth-order valence-electron chi connectivity index (χ4n) is 18.5. The Morgan fingerprint density at radius 2 is 0.579 bits per heavy atom. The number of benzene rings is 17. The quantitative estimate of drug-likeness (QED) is 0.115. The van der Waals surface area contributed by atoms with Crippen molar-refractivity contribution < 1.29 is 4.42 Å². The van der Waals surface area contributed by atoms with Crippen molar-refractivity contribution in [3.05, 3.63) is 431 Å². The number of para-hydroxylation sites is 5. The van der Waals surface area contributed by atoms with E-state index in [1.807, 2.05) is 212 Å². The standard InChI is InChI=1S/C39H24N4O.C39H24N4S.C38H23N5S.CH4/c1-3-11-25(12-4-1)37-40-38(26-13-5-2-6-14-26)42-39(41-37)27-19-21-28(22-20-27)43-33-17-9-7-15-29(33)31-23-24-32-30-16-8-10-18-34(30)44-36(32)35(31)43;1-4-13-25(14-5-1)37-40-38(26-15-6-2-7-16-26)42-39(41-37)30-21-12-20-29-32-23-31-28-19-10-11-22-33(28)43(27-17-8-3-9-18-27)34(31)24-35(32)44-36(29)30;1-3-11-24(12-4-1)36-40-37(25-13-5-2-6-14-25)42-38(41-36)26-19-22-33(39-23-26)43-31-17-9-7-15-27(31)29-20-21-30-28-16-8-10-18-32(28)44-35(30)34(29)43;/h2*1-24H;1-23H;1H4. The lowest BCUT2D eigenvalue weighted by atomic mass is 10.1. The van der Waals surface area contributed by atoms with Gasteiger partial charge in [0.2, 0.25) is 0 Å². The maximum absolute atomic E-state index is 6.51. The van der Waals surface area contributed by atoms with Crippen molar-refractivity contribution in [2.75, 3.05) is 0 Å². The second kappa shape index (κ2) is 33.3. The van der Waals surface area contributed by atoms with Gasteiger partial charge in [-0.15, -0.1) is 22.7 Å². The zero-order valence-corrected chi connectivity index (χ0v) is 72.2. The summed E-state index contributed by atoms with van der Waals surface area (Å²) in [6.07, 6.45) is 1.87. The van der Waals surface area contributed by atoms with E-state index in [1.54, 1.807) is 11.3 Å². The molecule has 0 fully saturated rings. The molecule has 0 saturated carbocycles. The van der Waals surface area contributed by atoms with Crippen LogP contribution < -0.4 is 0 Å². The van der Waals surface area contributed by atoms with Gasteiger partial charge in [-0.1, -0.05) is 329 Å². The maximum Gasteiger partial charge on any atom is 0.165 e. The number of fused-ring (bicyclic) bond motifs is 20. The Hall–Kier alpha value is -17.4. The van der Waals surface area contributed by atoms with E-state index < -0.39 is 0 Å². The molecular formula is C117H75N13OS2. The lowest BCUT2D eigenvalue weighted by Crippen LogP contribution is -2.01. The summed E-state index contributed by atoms with van der Waals surface area (Å²) in [5, 5.41) is 14.5. The maximum atomic E-state index is 6.51. The Morgan fingerprint density at radius 3 is 1.09 bits per heavy atom. The summed E-state index contributed by atoms with van der Waals surface area (Å²) in [4.78, 5) is 49.3. The highest BCUT2D eigenvalue weighted by molar-refractivity contribution is 7.27. The van der Waals surface area contributed by atoms with E-state index in [0.29, 0.717) is 52.4 Å². The van der Waals surface area contributed by atoms with Crippen LogP contribution in [-0.4, -0.2) is 63.5 Å². The fraction of sp³-hybridized carbons (Fsp3) is 0.00855. The van der Waals surface area contributed by atoms with Gasteiger partial charge in [0, 0.05) is 146 Å². The number of aromatic nitrogens is 13. The van der Waals surface area contributed by atoms with Crippen LogP contribution in [0.5, 0.6) is 0 Å². The van der Waals surface area contributed by atoms with E-state index in [-0.39, 0.29) is 7.43 Å². The Morgan fingerprint density at radius 1 is 0.211 bits per heavy atom. The third-order valence-electron chi connectivity index (χ3n) is 24.6. The second-order valence-corrected chi connectivity index (χ2v) is 34.6. The van der Waals surface area contributed by atoms with Crippen molar-refractivity contribution in [1.29, 1.82) is 0 Å². The molecule has 0 saturated heterocycles. The first-order valence-electron chi connectivity index (χ1n) is 43.7. The van der Waals surface area contributed by atoms with Gasteiger partial charge in [-0.3, -0.25) is 4.57 Å². The average molecular weight is 1740 g/mol. The number of pyridine rings is 1. The molecule has 0 unspecified atom stereocenters. The van der Waals surface area contributed by atoms with Gasteiger partial charge < -0.3 is 13.6 Å². The van der Waals surface area contributed by atoms with E-state index in [4.69, 9.17) is 54.3 Å².